The number of aryl methyl sites for hydroxylation is 1. The minimum absolute atomic E-state index is 0.0305. The number of amides is 1. The molecule has 1 N–H and O–H groups in total. The smallest absolute Gasteiger partial charge is 0.224 e. The Balaban J connectivity index is 1.64. The molecule has 1 unspecified atom stereocenters. The zero-order valence-electron chi connectivity index (χ0n) is 12.4. The van der Waals surface area contributed by atoms with Crippen molar-refractivity contribution in [2.24, 2.45) is 0 Å². The second-order valence-corrected chi connectivity index (χ2v) is 6.00. The number of anilines is 1. The Morgan fingerprint density at radius 1 is 1.27 bits per heavy atom. The Labute approximate surface area is 135 Å². The van der Waals surface area contributed by atoms with Gasteiger partial charge in [0.1, 0.15) is 5.75 Å². The lowest BCUT2D eigenvalue weighted by Crippen LogP contribution is -2.14. The topological polar surface area (TPSA) is 38.3 Å². The van der Waals surface area contributed by atoms with Gasteiger partial charge in [0.05, 0.1) is 7.11 Å². The van der Waals surface area contributed by atoms with Crippen molar-refractivity contribution in [1.82, 2.24) is 0 Å². The molecule has 0 radical (unpaired) electrons. The zero-order valence-corrected chi connectivity index (χ0v) is 13.2. The normalized spacial score (nSPS) is 16.2. The number of fused-ring (bicyclic) bond motifs is 1. The molecule has 0 saturated heterocycles. The molecule has 0 heterocycles. The predicted molar refractivity (Wildman–Crippen MR) is 88.8 cm³/mol. The zero-order chi connectivity index (χ0) is 15.5. The second kappa shape index (κ2) is 6.41. The number of nitrogens with one attached hydrogen (secondary N) is 1. The summed E-state index contributed by atoms with van der Waals surface area (Å²) in [4.78, 5) is 12.2. The summed E-state index contributed by atoms with van der Waals surface area (Å²) in [5.41, 5.74) is 3.32. The number of methoxy groups -OCH3 is 1. The van der Waals surface area contributed by atoms with Gasteiger partial charge < -0.3 is 10.1 Å². The van der Waals surface area contributed by atoms with Gasteiger partial charge in [-0.25, -0.2) is 0 Å². The highest BCUT2D eigenvalue weighted by molar-refractivity contribution is 6.30. The summed E-state index contributed by atoms with van der Waals surface area (Å²) in [6, 6.07) is 13.3. The number of carbonyl (C=O) groups is 1. The summed E-state index contributed by atoms with van der Waals surface area (Å²) in [6.45, 7) is 0. The van der Waals surface area contributed by atoms with Crippen molar-refractivity contribution in [2.75, 3.05) is 12.4 Å². The van der Waals surface area contributed by atoms with Crippen LogP contribution in [0.4, 0.5) is 5.69 Å². The van der Waals surface area contributed by atoms with Crippen LogP contribution in [-0.4, -0.2) is 13.0 Å². The predicted octanol–water partition coefficient (Wildman–Crippen LogP) is 4.41. The highest BCUT2D eigenvalue weighted by Crippen LogP contribution is 2.37. The molecule has 3 rings (SSSR count). The number of hydrogen-bond donors (Lipinski definition) is 1. The molecule has 0 fully saturated rings. The standard InChI is InChI=1S/C18H18ClNO2/c1-22-16-8-6-15(7-9-16)20-18(21)10-13-3-2-12-4-5-14(19)11-17(12)13/h4-9,11,13H,2-3,10H2,1H3,(H,20,21). The Kier molecular flexibility index (Phi) is 4.34. The van der Waals surface area contributed by atoms with E-state index in [1.807, 2.05) is 36.4 Å². The number of ether oxygens (including phenoxy) is 1. The van der Waals surface area contributed by atoms with Crippen molar-refractivity contribution in [2.45, 2.75) is 25.2 Å². The van der Waals surface area contributed by atoms with Crippen LogP contribution in [0.1, 0.15) is 29.9 Å². The van der Waals surface area contributed by atoms with Crippen LogP contribution in [0.15, 0.2) is 42.5 Å². The van der Waals surface area contributed by atoms with E-state index in [1.54, 1.807) is 7.11 Å². The minimum atomic E-state index is 0.0305. The first-order chi connectivity index (χ1) is 10.7. The minimum Gasteiger partial charge on any atom is -0.497 e. The van der Waals surface area contributed by atoms with Crippen LogP contribution < -0.4 is 10.1 Å². The maximum atomic E-state index is 12.2. The van der Waals surface area contributed by atoms with Crippen LogP contribution in [0.3, 0.4) is 0 Å². The van der Waals surface area contributed by atoms with Gasteiger partial charge in [-0.05, 0) is 66.3 Å². The summed E-state index contributed by atoms with van der Waals surface area (Å²) in [7, 11) is 1.62. The van der Waals surface area contributed by atoms with Crippen LogP contribution in [0.25, 0.3) is 0 Å². The molecule has 1 aliphatic rings. The molecule has 0 spiro atoms. The van der Waals surface area contributed by atoms with E-state index in [4.69, 9.17) is 16.3 Å². The summed E-state index contributed by atoms with van der Waals surface area (Å²) < 4.78 is 5.11. The van der Waals surface area contributed by atoms with Crippen LogP contribution in [0.2, 0.25) is 5.02 Å². The monoisotopic (exact) mass is 315 g/mol. The fourth-order valence-electron chi connectivity index (χ4n) is 2.98. The molecule has 0 bridgehead atoms. The number of hydrogen-bond acceptors (Lipinski definition) is 2. The highest BCUT2D eigenvalue weighted by atomic mass is 35.5. The molecule has 3 nitrogen and oxygen atoms in total. The van der Waals surface area contributed by atoms with E-state index in [0.717, 1.165) is 29.3 Å². The molecule has 1 amide bonds. The number of rotatable bonds is 4. The van der Waals surface area contributed by atoms with Gasteiger partial charge in [0.15, 0.2) is 0 Å². The summed E-state index contributed by atoms with van der Waals surface area (Å²) in [5, 5.41) is 3.68. The second-order valence-electron chi connectivity index (χ2n) is 5.56. The lowest BCUT2D eigenvalue weighted by atomic mass is 9.97. The van der Waals surface area contributed by atoms with Crippen molar-refractivity contribution < 1.29 is 9.53 Å². The van der Waals surface area contributed by atoms with Gasteiger partial charge in [-0.3, -0.25) is 4.79 Å². The molecule has 114 valence electrons. The van der Waals surface area contributed by atoms with Crippen LogP contribution in [0, 0.1) is 0 Å². The van der Waals surface area contributed by atoms with Crippen LogP contribution in [0.5, 0.6) is 5.75 Å². The third kappa shape index (κ3) is 3.25. The molecule has 0 aliphatic heterocycles. The molecule has 1 atom stereocenters. The molecule has 22 heavy (non-hydrogen) atoms. The molecule has 1 aliphatic carbocycles. The van der Waals surface area contributed by atoms with Crippen LogP contribution >= 0.6 is 11.6 Å². The van der Waals surface area contributed by atoms with Crippen molar-refractivity contribution in [1.29, 1.82) is 0 Å². The fraction of sp³-hybridized carbons (Fsp3) is 0.278. The maximum Gasteiger partial charge on any atom is 0.224 e. The largest absolute Gasteiger partial charge is 0.497 e. The summed E-state index contributed by atoms with van der Waals surface area (Å²) in [5.74, 6) is 1.06. The number of benzene rings is 2. The first-order valence-corrected chi connectivity index (χ1v) is 7.76. The molecular weight excluding hydrogens is 298 g/mol. The van der Waals surface area contributed by atoms with Gasteiger partial charge in [0.25, 0.3) is 0 Å². The number of carbonyl (C=O) groups excluding carboxylic acids is 1. The average molecular weight is 316 g/mol. The van der Waals surface area contributed by atoms with Gasteiger partial charge in [-0.2, -0.15) is 0 Å². The molecule has 0 aromatic heterocycles. The van der Waals surface area contributed by atoms with E-state index in [9.17, 15) is 4.79 Å². The van der Waals surface area contributed by atoms with Gasteiger partial charge in [0.2, 0.25) is 5.91 Å². The van der Waals surface area contributed by atoms with E-state index in [2.05, 4.69) is 11.4 Å². The Bertz CT molecular complexity index is 682. The van der Waals surface area contributed by atoms with E-state index in [0.29, 0.717) is 6.42 Å². The van der Waals surface area contributed by atoms with Gasteiger partial charge in [-0.1, -0.05) is 17.7 Å². The molecule has 0 saturated carbocycles. The van der Waals surface area contributed by atoms with E-state index >= 15 is 0 Å². The first-order valence-electron chi connectivity index (χ1n) is 7.38. The molecule has 2 aromatic rings. The van der Waals surface area contributed by atoms with Gasteiger partial charge in [-0.15, -0.1) is 0 Å². The SMILES string of the molecule is COc1ccc(NC(=O)CC2CCc3ccc(Cl)cc32)cc1. The van der Waals surface area contributed by atoms with Crippen molar-refractivity contribution in [3.63, 3.8) is 0 Å². The number of halogens is 1. The van der Waals surface area contributed by atoms with Gasteiger partial charge >= 0.3 is 0 Å². The Hall–Kier alpha value is -2.00. The van der Waals surface area contributed by atoms with Crippen molar-refractivity contribution in [3.05, 3.63) is 58.6 Å². The highest BCUT2D eigenvalue weighted by Gasteiger charge is 2.24. The van der Waals surface area contributed by atoms with E-state index in [-0.39, 0.29) is 11.8 Å². The fourth-order valence-corrected chi connectivity index (χ4v) is 3.16. The first kappa shape index (κ1) is 14.9. The Morgan fingerprint density at radius 2 is 2.05 bits per heavy atom. The summed E-state index contributed by atoms with van der Waals surface area (Å²) >= 11 is 6.07. The summed E-state index contributed by atoms with van der Waals surface area (Å²) in [6.07, 6.45) is 2.51. The lowest BCUT2D eigenvalue weighted by Gasteiger charge is -2.12. The average Bonchev–Trinajstić information content (AvgIpc) is 2.90. The lowest BCUT2D eigenvalue weighted by molar-refractivity contribution is -0.116. The van der Waals surface area contributed by atoms with E-state index < -0.39 is 0 Å². The molecule has 4 heteroatoms. The third-order valence-electron chi connectivity index (χ3n) is 4.12. The molecule has 2 aromatic carbocycles. The van der Waals surface area contributed by atoms with Crippen molar-refractivity contribution >= 4 is 23.2 Å². The Morgan fingerprint density at radius 3 is 2.77 bits per heavy atom. The third-order valence-corrected chi connectivity index (χ3v) is 4.35. The maximum absolute atomic E-state index is 12.2. The molecular formula is C18H18ClNO2. The van der Waals surface area contributed by atoms with Gasteiger partial charge in [0, 0.05) is 17.1 Å². The van der Waals surface area contributed by atoms with Crippen LogP contribution in [-0.2, 0) is 11.2 Å². The van der Waals surface area contributed by atoms with Crippen molar-refractivity contribution in [3.8, 4) is 5.75 Å². The quantitative estimate of drug-likeness (QED) is 0.907. The van der Waals surface area contributed by atoms with E-state index in [1.165, 1.54) is 11.1 Å².